The molecule has 1 unspecified atom stereocenters. The van der Waals surface area contributed by atoms with Crippen molar-refractivity contribution in [3.8, 4) is 10.6 Å². The van der Waals surface area contributed by atoms with Crippen molar-refractivity contribution in [1.82, 2.24) is 15.0 Å². The van der Waals surface area contributed by atoms with E-state index in [1.54, 1.807) is 36.0 Å². The molecule has 0 aromatic carbocycles. The molecule has 4 aromatic heterocycles. The van der Waals surface area contributed by atoms with Gasteiger partial charge in [0.25, 0.3) is 0 Å². The van der Waals surface area contributed by atoms with Gasteiger partial charge >= 0.3 is 0 Å². The van der Waals surface area contributed by atoms with E-state index in [9.17, 15) is 4.79 Å². The lowest BCUT2D eigenvalue weighted by Crippen LogP contribution is -2.24. The largest absolute Gasteiger partial charge is 0.369 e. The van der Waals surface area contributed by atoms with Crippen LogP contribution in [0.5, 0.6) is 0 Å². The summed E-state index contributed by atoms with van der Waals surface area (Å²) in [4.78, 5) is 26.9. The molecule has 0 bridgehead atoms. The summed E-state index contributed by atoms with van der Waals surface area (Å²) in [5.74, 6) is -0.438. The van der Waals surface area contributed by atoms with Crippen molar-refractivity contribution >= 4 is 23.1 Å². The van der Waals surface area contributed by atoms with Gasteiger partial charge in [-0.15, -0.1) is 11.3 Å². The molecular weight excluding hydrogens is 406 g/mol. The molecular formula is C24H23N5OS. The van der Waals surface area contributed by atoms with Gasteiger partial charge in [0.1, 0.15) is 5.82 Å². The highest BCUT2D eigenvalue weighted by Gasteiger charge is 2.25. The van der Waals surface area contributed by atoms with Gasteiger partial charge in [0.2, 0.25) is 5.91 Å². The summed E-state index contributed by atoms with van der Waals surface area (Å²) in [5, 5.41) is 5.51. The van der Waals surface area contributed by atoms with Crippen LogP contribution in [0.3, 0.4) is 0 Å². The van der Waals surface area contributed by atoms with Crippen molar-refractivity contribution in [2.24, 2.45) is 5.73 Å². The number of thiophene rings is 1. The van der Waals surface area contributed by atoms with Gasteiger partial charge in [-0.1, -0.05) is 18.2 Å². The molecule has 0 aliphatic carbocycles. The third-order valence-corrected chi connectivity index (χ3v) is 5.99. The molecule has 0 spiro atoms. The third kappa shape index (κ3) is 4.95. The molecule has 3 N–H and O–H groups in total. The number of aryl methyl sites for hydroxylation is 1. The maximum atomic E-state index is 12.4. The topological polar surface area (TPSA) is 93.8 Å². The number of pyridine rings is 3. The number of hydrogen-bond acceptors (Lipinski definition) is 6. The molecule has 156 valence electrons. The zero-order valence-corrected chi connectivity index (χ0v) is 18.0. The molecule has 1 amide bonds. The Morgan fingerprint density at radius 1 is 1.16 bits per heavy atom. The average molecular weight is 430 g/mol. The van der Waals surface area contributed by atoms with Crippen molar-refractivity contribution in [3.05, 3.63) is 94.9 Å². The van der Waals surface area contributed by atoms with E-state index in [4.69, 9.17) is 10.7 Å². The first kappa shape index (κ1) is 20.7. The molecule has 31 heavy (non-hydrogen) atoms. The minimum Gasteiger partial charge on any atom is -0.369 e. The summed E-state index contributed by atoms with van der Waals surface area (Å²) in [6, 6.07) is 15.5. The first-order valence-corrected chi connectivity index (χ1v) is 10.9. The molecule has 7 heteroatoms. The minimum absolute atomic E-state index is 0.442. The number of primary amides is 1. The third-order valence-electron chi connectivity index (χ3n) is 4.92. The predicted octanol–water partition coefficient (Wildman–Crippen LogP) is 4.18. The highest BCUT2D eigenvalue weighted by atomic mass is 32.1. The van der Waals surface area contributed by atoms with Crippen LogP contribution in [0.1, 0.15) is 28.3 Å². The van der Waals surface area contributed by atoms with Crippen LogP contribution in [0, 0.1) is 6.92 Å². The molecule has 0 saturated heterocycles. The van der Waals surface area contributed by atoms with Crippen molar-refractivity contribution in [2.75, 3.05) is 11.9 Å². The monoisotopic (exact) mass is 429 g/mol. The van der Waals surface area contributed by atoms with Gasteiger partial charge in [0.15, 0.2) is 0 Å². The van der Waals surface area contributed by atoms with Gasteiger partial charge < -0.3 is 11.1 Å². The number of amides is 1. The van der Waals surface area contributed by atoms with Crippen LogP contribution in [-0.2, 0) is 11.2 Å². The molecule has 4 heterocycles. The molecule has 0 aliphatic heterocycles. The second kappa shape index (κ2) is 9.49. The fourth-order valence-corrected chi connectivity index (χ4v) is 4.32. The van der Waals surface area contributed by atoms with E-state index in [0.717, 1.165) is 33.8 Å². The Balaban J connectivity index is 1.69. The summed E-state index contributed by atoms with van der Waals surface area (Å²) in [6.45, 7) is 2.69. The maximum Gasteiger partial charge on any atom is 0.229 e. The fourth-order valence-electron chi connectivity index (χ4n) is 3.45. The standard InChI is InChI=1S/C24H23N5OS/c1-16-13-21(31-15-16)20-8-7-19(22(23(25)30)17-5-4-10-26-14-17)24(29-20)28-12-9-18-6-2-3-11-27-18/h2-8,10-11,13-15,22H,9,12H2,1H3,(H2,25,30)(H,28,29). The quantitative estimate of drug-likeness (QED) is 0.438. The van der Waals surface area contributed by atoms with E-state index in [2.05, 4.69) is 33.7 Å². The lowest BCUT2D eigenvalue weighted by molar-refractivity contribution is -0.118. The molecule has 0 saturated carbocycles. The molecule has 0 fully saturated rings. The Labute approximate surface area is 185 Å². The van der Waals surface area contributed by atoms with E-state index in [1.807, 2.05) is 36.4 Å². The lowest BCUT2D eigenvalue weighted by atomic mass is 9.91. The van der Waals surface area contributed by atoms with Gasteiger partial charge in [0.05, 0.1) is 16.5 Å². The van der Waals surface area contributed by atoms with Gasteiger partial charge in [-0.3, -0.25) is 14.8 Å². The second-order valence-corrected chi connectivity index (χ2v) is 8.15. The Kier molecular flexibility index (Phi) is 6.33. The van der Waals surface area contributed by atoms with E-state index >= 15 is 0 Å². The molecule has 0 aliphatic rings. The Morgan fingerprint density at radius 2 is 2.06 bits per heavy atom. The number of rotatable bonds is 8. The smallest absolute Gasteiger partial charge is 0.229 e. The average Bonchev–Trinajstić information content (AvgIpc) is 3.22. The van der Waals surface area contributed by atoms with Crippen LogP contribution >= 0.6 is 11.3 Å². The molecule has 0 radical (unpaired) electrons. The first-order valence-electron chi connectivity index (χ1n) is 10.0. The van der Waals surface area contributed by atoms with E-state index in [-0.39, 0.29) is 0 Å². The Morgan fingerprint density at radius 3 is 2.74 bits per heavy atom. The summed E-state index contributed by atoms with van der Waals surface area (Å²) in [7, 11) is 0. The fraction of sp³-hybridized carbons (Fsp3) is 0.167. The number of aromatic nitrogens is 3. The number of nitrogens with zero attached hydrogens (tertiary/aromatic N) is 3. The number of carbonyl (C=O) groups excluding carboxylic acids is 1. The first-order chi connectivity index (χ1) is 15.1. The SMILES string of the molecule is Cc1csc(-c2ccc(C(C(N)=O)c3cccnc3)c(NCCc3ccccn3)n2)c1. The van der Waals surface area contributed by atoms with Gasteiger partial charge in [-0.2, -0.15) is 0 Å². The zero-order valence-electron chi connectivity index (χ0n) is 17.2. The number of anilines is 1. The van der Waals surface area contributed by atoms with Crippen LogP contribution in [0.2, 0.25) is 0 Å². The number of nitrogens with two attached hydrogens (primary N) is 1. The molecule has 4 aromatic rings. The normalized spacial score (nSPS) is 11.8. The summed E-state index contributed by atoms with van der Waals surface area (Å²) in [6.07, 6.45) is 5.86. The van der Waals surface area contributed by atoms with Crippen molar-refractivity contribution in [3.63, 3.8) is 0 Å². The lowest BCUT2D eigenvalue weighted by Gasteiger charge is -2.19. The van der Waals surface area contributed by atoms with Crippen LogP contribution < -0.4 is 11.1 Å². The Bertz CT molecular complexity index is 1160. The minimum atomic E-state index is -0.641. The predicted molar refractivity (Wildman–Crippen MR) is 124 cm³/mol. The number of hydrogen-bond donors (Lipinski definition) is 2. The zero-order chi connectivity index (χ0) is 21.6. The van der Waals surface area contributed by atoms with Crippen molar-refractivity contribution in [2.45, 2.75) is 19.3 Å². The van der Waals surface area contributed by atoms with Crippen LogP contribution in [-0.4, -0.2) is 27.4 Å². The van der Waals surface area contributed by atoms with Gasteiger partial charge in [0, 0.05) is 42.8 Å². The van der Waals surface area contributed by atoms with E-state index < -0.39 is 11.8 Å². The van der Waals surface area contributed by atoms with E-state index in [1.165, 1.54) is 5.56 Å². The van der Waals surface area contributed by atoms with Crippen LogP contribution in [0.4, 0.5) is 5.82 Å². The van der Waals surface area contributed by atoms with Crippen LogP contribution in [0.25, 0.3) is 10.6 Å². The van der Waals surface area contributed by atoms with E-state index in [0.29, 0.717) is 12.4 Å². The summed E-state index contributed by atoms with van der Waals surface area (Å²) < 4.78 is 0. The highest BCUT2D eigenvalue weighted by Crippen LogP contribution is 2.33. The molecule has 6 nitrogen and oxygen atoms in total. The van der Waals surface area contributed by atoms with Crippen molar-refractivity contribution < 1.29 is 4.79 Å². The maximum absolute atomic E-state index is 12.4. The van der Waals surface area contributed by atoms with Crippen LogP contribution in [0.15, 0.2) is 72.5 Å². The molecule has 1 atom stereocenters. The number of carbonyl (C=O) groups is 1. The Hall–Kier alpha value is -3.58. The summed E-state index contributed by atoms with van der Waals surface area (Å²) >= 11 is 1.65. The van der Waals surface area contributed by atoms with Gasteiger partial charge in [-0.25, -0.2) is 4.98 Å². The second-order valence-electron chi connectivity index (χ2n) is 7.24. The number of nitrogens with one attached hydrogen (secondary N) is 1. The highest BCUT2D eigenvalue weighted by molar-refractivity contribution is 7.13. The summed E-state index contributed by atoms with van der Waals surface area (Å²) in [5.41, 5.74) is 10.3. The molecule has 4 rings (SSSR count). The van der Waals surface area contributed by atoms with Crippen molar-refractivity contribution in [1.29, 1.82) is 0 Å². The van der Waals surface area contributed by atoms with Gasteiger partial charge in [-0.05, 0) is 53.8 Å².